The van der Waals surface area contributed by atoms with Crippen LogP contribution < -0.4 is 4.90 Å². The quantitative estimate of drug-likeness (QED) is 0.805. The molecule has 1 N–H and O–H groups in total. The monoisotopic (exact) mass is 231 g/mol. The van der Waals surface area contributed by atoms with Crippen molar-refractivity contribution in [1.82, 2.24) is 0 Å². The molecule has 3 heteroatoms. The van der Waals surface area contributed by atoms with Crippen LogP contribution in [0.2, 0.25) is 0 Å². The van der Waals surface area contributed by atoms with Crippen LogP contribution in [0.1, 0.15) is 24.0 Å². The highest BCUT2D eigenvalue weighted by Crippen LogP contribution is 2.40. The lowest BCUT2D eigenvalue weighted by atomic mass is 9.93. The second-order valence-corrected chi connectivity index (χ2v) is 5.20. The number of anilines is 1. The summed E-state index contributed by atoms with van der Waals surface area (Å²) < 4.78 is 0. The van der Waals surface area contributed by atoms with Gasteiger partial charge in [0.2, 0.25) is 0 Å². The third-order valence-electron chi connectivity index (χ3n) is 4.12. The molecule has 0 amide bonds. The Morgan fingerprint density at radius 2 is 2.29 bits per heavy atom. The van der Waals surface area contributed by atoms with E-state index in [1.807, 2.05) is 0 Å². The van der Waals surface area contributed by atoms with Gasteiger partial charge in [-0.05, 0) is 37.3 Å². The van der Waals surface area contributed by atoms with Crippen LogP contribution in [0, 0.1) is 12.8 Å². The van der Waals surface area contributed by atoms with Gasteiger partial charge in [-0.3, -0.25) is 4.79 Å². The summed E-state index contributed by atoms with van der Waals surface area (Å²) in [5.74, 6) is -0.833. The Kier molecular flexibility index (Phi) is 2.35. The van der Waals surface area contributed by atoms with E-state index < -0.39 is 5.97 Å². The van der Waals surface area contributed by atoms with Gasteiger partial charge in [-0.15, -0.1) is 0 Å². The molecule has 3 rings (SSSR count). The van der Waals surface area contributed by atoms with Crippen molar-refractivity contribution in [3.05, 3.63) is 29.3 Å². The van der Waals surface area contributed by atoms with Crippen LogP contribution in [0.3, 0.4) is 0 Å². The summed E-state index contributed by atoms with van der Waals surface area (Å²) in [7, 11) is 0. The van der Waals surface area contributed by atoms with Crippen molar-refractivity contribution in [1.29, 1.82) is 0 Å². The minimum atomic E-state index is -0.644. The summed E-state index contributed by atoms with van der Waals surface area (Å²) in [6.07, 6.45) is 2.99. The highest BCUT2D eigenvalue weighted by molar-refractivity contribution is 5.73. The van der Waals surface area contributed by atoms with Gasteiger partial charge in [0.25, 0.3) is 0 Å². The van der Waals surface area contributed by atoms with Crippen molar-refractivity contribution in [2.75, 3.05) is 11.4 Å². The Morgan fingerprint density at radius 1 is 1.47 bits per heavy atom. The van der Waals surface area contributed by atoms with Crippen molar-refractivity contribution >= 4 is 11.7 Å². The maximum absolute atomic E-state index is 11.1. The Morgan fingerprint density at radius 3 is 3.06 bits per heavy atom. The highest BCUT2D eigenvalue weighted by atomic mass is 16.4. The Balaban J connectivity index is 1.98. The first-order valence-electron chi connectivity index (χ1n) is 6.25. The number of carboxylic acids is 1. The molecule has 0 radical (unpaired) electrons. The van der Waals surface area contributed by atoms with Gasteiger partial charge >= 0.3 is 5.97 Å². The van der Waals surface area contributed by atoms with Gasteiger partial charge in [0, 0.05) is 18.3 Å². The molecule has 2 aliphatic rings. The molecule has 2 aliphatic heterocycles. The van der Waals surface area contributed by atoms with Gasteiger partial charge in [0.1, 0.15) is 0 Å². The number of carboxylic acid groups (broad SMARTS) is 1. The van der Waals surface area contributed by atoms with E-state index in [0.717, 1.165) is 19.3 Å². The predicted octanol–water partition coefficient (Wildman–Crippen LogP) is 2.22. The molecular weight excluding hydrogens is 214 g/mol. The predicted molar refractivity (Wildman–Crippen MR) is 66.4 cm³/mol. The van der Waals surface area contributed by atoms with Crippen molar-refractivity contribution in [3.8, 4) is 0 Å². The fourth-order valence-corrected chi connectivity index (χ4v) is 3.30. The smallest absolute Gasteiger partial charge is 0.308 e. The molecule has 2 atom stereocenters. The average molecular weight is 231 g/mol. The minimum absolute atomic E-state index is 0.189. The average Bonchev–Trinajstić information content (AvgIpc) is 2.73. The molecule has 90 valence electrons. The maximum atomic E-state index is 11.1. The zero-order valence-electron chi connectivity index (χ0n) is 10.0. The lowest BCUT2D eigenvalue weighted by Gasteiger charge is -2.34. The van der Waals surface area contributed by atoms with Gasteiger partial charge in [0.15, 0.2) is 0 Å². The number of hydrogen-bond acceptors (Lipinski definition) is 2. The van der Waals surface area contributed by atoms with Gasteiger partial charge < -0.3 is 10.0 Å². The summed E-state index contributed by atoms with van der Waals surface area (Å²) in [6, 6.07) is 6.82. The Bertz CT molecular complexity index is 469. The third-order valence-corrected chi connectivity index (χ3v) is 4.12. The standard InChI is InChI=1S/C14H17NO2/c1-9-3-2-4-10-5-6-12-7-11(14(16)17)8-15(12)13(9)10/h2-4,11-12H,5-8H2,1H3,(H,16,17). The van der Waals surface area contributed by atoms with Crippen LogP contribution in [0.15, 0.2) is 18.2 Å². The van der Waals surface area contributed by atoms with Crippen molar-refractivity contribution in [2.24, 2.45) is 5.92 Å². The zero-order chi connectivity index (χ0) is 12.0. The molecule has 0 aliphatic carbocycles. The van der Waals surface area contributed by atoms with E-state index in [4.69, 9.17) is 5.11 Å². The van der Waals surface area contributed by atoms with Crippen LogP contribution in [-0.2, 0) is 11.2 Å². The van der Waals surface area contributed by atoms with Gasteiger partial charge in [-0.25, -0.2) is 0 Å². The number of para-hydroxylation sites is 1. The van der Waals surface area contributed by atoms with Crippen LogP contribution in [-0.4, -0.2) is 23.7 Å². The molecule has 1 fully saturated rings. The van der Waals surface area contributed by atoms with Crippen molar-refractivity contribution in [3.63, 3.8) is 0 Å². The number of carbonyl (C=O) groups is 1. The number of aryl methyl sites for hydroxylation is 2. The third kappa shape index (κ3) is 1.61. The molecule has 1 aromatic rings. The first-order chi connectivity index (χ1) is 8.16. The minimum Gasteiger partial charge on any atom is -0.481 e. The number of fused-ring (bicyclic) bond motifs is 3. The van der Waals surface area contributed by atoms with Crippen LogP contribution in [0.25, 0.3) is 0 Å². The molecule has 1 saturated heterocycles. The highest BCUT2D eigenvalue weighted by Gasteiger charge is 2.39. The molecule has 3 nitrogen and oxygen atoms in total. The molecule has 0 aromatic heterocycles. The summed E-state index contributed by atoms with van der Waals surface area (Å²) in [6.45, 7) is 2.80. The Hall–Kier alpha value is -1.51. The first-order valence-corrected chi connectivity index (χ1v) is 6.25. The largest absolute Gasteiger partial charge is 0.481 e. The van der Waals surface area contributed by atoms with E-state index in [-0.39, 0.29) is 5.92 Å². The maximum Gasteiger partial charge on any atom is 0.308 e. The number of rotatable bonds is 1. The van der Waals surface area contributed by atoms with Crippen molar-refractivity contribution in [2.45, 2.75) is 32.2 Å². The van der Waals surface area contributed by atoms with Crippen LogP contribution >= 0.6 is 0 Å². The topological polar surface area (TPSA) is 40.5 Å². The molecule has 2 unspecified atom stereocenters. The molecule has 0 saturated carbocycles. The van der Waals surface area contributed by atoms with E-state index >= 15 is 0 Å². The molecule has 2 heterocycles. The summed E-state index contributed by atoms with van der Waals surface area (Å²) in [5, 5.41) is 9.15. The fraction of sp³-hybridized carbons (Fsp3) is 0.500. The van der Waals surface area contributed by atoms with E-state index in [1.54, 1.807) is 0 Å². The van der Waals surface area contributed by atoms with Crippen molar-refractivity contribution < 1.29 is 9.90 Å². The van der Waals surface area contributed by atoms with Gasteiger partial charge in [0.05, 0.1) is 5.92 Å². The summed E-state index contributed by atoms with van der Waals surface area (Å²) in [4.78, 5) is 13.4. The van der Waals surface area contributed by atoms with Crippen LogP contribution in [0.4, 0.5) is 5.69 Å². The fourth-order valence-electron chi connectivity index (χ4n) is 3.30. The van der Waals surface area contributed by atoms with Crippen LogP contribution in [0.5, 0.6) is 0 Å². The molecular formula is C14H17NO2. The first kappa shape index (κ1) is 10.6. The normalized spacial score (nSPS) is 26.5. The van der Waals surface area contributed by atoms with E-state index in [0.29, 0.717) is 12.6 Å². The second kappa shape index (κ2) is 3.76. The molecule has 0 bridgehead atoms. The molecule has 17 heavy (non-hydrogen) atoms. The van der Waals surface area contributed by atoms with Gasteiger partial charge in [-0.1, -0.05) is 18.2 Å². The number of nitrogens with zero attached hydrogens (tertiary/aromatic N) is 1. The summed E-state index contributed by atoms with van der Waals surface area (Å²) >= 11 is 0. The number of hydrogen-bond donors (Lipinski definition) is 1. The zero-order valence-corrected chi connectivity index (χ0v) is 10.0. The lowest BCUT2D eigenvalue weighted by molar-refractivity contribution is -0.141. The van der Waals surface area contributed by atoms with E-state index in [2.05, 4.69) is 30.0 Å². The Labute approximate surface area is 101 Å². The van der Waals surface area contributed by atoms with E-state index in [1.165, 1.54) is 16.8 Å². The number of aliphatic carboxylic acids is 1. The SMILES string of the molecule is Cc1cccc2c1N1CC(C(=O)O)CC1CC2. The second-order valence-electron chi connectivity index (χ2n) is 5.20. The summed E-state index contributed by atoms with van der Waals surface area (Å²) in [5.41, 5.74) is 3.96. The van der Waals surface area contributed by atoms with Gasteiger partial charge in [-0.2, -0.15) is 0 Å². The number of benzene rings is 1. The lowest BCUT2D eigenvalue weighted by Crippen LogP contribution is -2.34. The van der Waals surface area contributed by atoms with E-state index in [9.17, 15) is 4.79 Å². The molecule has 0 spiro atoms. The molecule has 1 aromatic carbocycles.